The van der Waals surface area contributed by atoms with E-state index in [4.69, 9.17) is 23.2 Å². The Morgan fingerprint density at radius 2 is 1.71 bits per heavy atom. The van der Waals surface area contributed by atoms with Crippen LogP contribution < -0.4 is 5.32 Å². The van der Waals surface area contributed by atoms with E-state index in [1.54, 1.807) is 0 Å². The molecule has 1 atom stereocenters. The van der Waals surface area contributed by atoms with Gasteiger partial charge in [0.15, 0.2) is 0 Å². The largest absolute Gasteiger partial charge is 0.389 e. The lowest BCUT2D eigenvalue weighted by molar-refractivity contribution is -0.0316. The predicted molar refractivity (Wildman–Crippen MR) is 124 cm³/mol. The quantitative estimate of drug-likeness (QED) is 0.596. The fourth-order valence-electron chi connectivity index (χ4n) is 3.97. The van der Waals surface area contributed by atoms with E-state index in [2.05, 4.69) is 16.3 Å². The lowest BCUT2D eigenvalue weighted by Gasteiger charge is -2.42. The maximum Gasteiger partial charge on any atom is 0.0728 e. The Kier molecular flexibility index (Phi) is 11.1. The second-order valence-corrected chi connectivity index (χ2v) is 10.5. The Morgan fingerprint density at radius 3 is 2.25 bits per heavy atom. The maximum absolute atomic E-state index is 11.3. The third-order valence-corrected chi connectivity index (χ3v) is 5.50. The molecule has 1 saturated heterocycles. The van der Waals surface area contributed by atoms with Gasteiger partial charge >= 0.3 is 0 Å². The highest BCUT2D eigenvalue weighted by Crippen LogP contribution is 2.41. The summed E-state index contributed by atoms with van der Waals surface area (Å²) in [5.41, 5.74) is 0.615. The van der Waals surface area contributed by atoms with Crippen LogP contribution in [0.4, 0.5) is 0 Å². The zero-order valence-electron chi connectivity index (χ0n) is 17.5. The summed E-state index contributed by atoms with van der Waals surface area (Å²) in [6.45, 7) is 11.0. The van der Waals surface area contributed by atoms with Crippen molar-refractivity contribution in [3.8, 4) is 0 Å². The first-order valence-corrected chi connectivity index (χ1v) is 11.0. The Morgan fingerprint density at radius 1 is 1.14 bits per heavy atom. The highest BCUT2D eigenvalue weighted by Gasteiger charge is 2.39. The molecule has 3 rings (SSSR count). The van der Waals surface area contributed by atoms with Gasteiger partial charge in [0.25, 0.3) is 0 Å². The summed E-state index contributed by atoms with van der Waals surface area (Å²) in [5.74, 6) is 0.157. The van der Waals surface area contributed by atoms with Crippen molar-refractivity contribution in [2.45, 2.75) is 69.3 Å². The molecule has 2 aliphatic rings. The summed E-state index contributed by atoms with van der Waals surface area (Å²) in [6, 6.07) is 8.10. The second-order valence-electron chi connectivity index (χ2n) is 8.89. The molecule has 0 amide bonds. The van der Waals surface area contributed by atoms with Crippen LogP contribution in [-0.4, -0.2) is 53.2 Å². The molecule has 2 fully saturated rings. The van der Waals surface area contributed by atoms with Gasteiger partial charge in [-0.3, -0.25) is 0 Å². The SMILES string of the molecule is CC(C)(C)Cl.Cl.OC1(C(CN2CCNCC2)c2cccc(Cl)c2)CCCCC1. The van der Waals surface area contributed by atoms with Crippen LogP contribution in [0.3, 0.4) is 0 Å². The van der Waals surface area contributed by atoms with Gasteiger partial charge in [-0.1, -0.05) is 43.0 Å². The van der Waals surface area contributed by atoms with E-state index < -0.39 is 5.60 Å². The molecule has 1 aliphatic carbocycles. The van der Waals surface area contributed by atoms with Gasteiger partial charge in [-0.25, -0.2) is 0 Å². The van der Waals surface area contributed by atoms with Gasteiger partial charge < -0.3 is 15.3 Å². The average Bonchev–Trinajstić information content (AvgIpc) is 2.60. The average molecular weight is 452 g/mol. The molecule has 3 nitrogen and oxygen atoms in total. The maximum atomic E-state index is 11.3. The van der Waals surface area contributed by atoms with E-state index in [1.165, 1.54) is 12.0 Å². The molecule has 0 spiro atoms. The van der Waals surface area contributed by atoms with E-state index in [-0.39, 0.29) is 23.2 Å². The van der Waals surface area contributed by atoms with Gasteiger partial charge in [0.05, 0.1) is 5.60 Å². The lowest BCUT2D eigenvalue weighted by atomic mass is 9.72. The monoisotopic (exact) mass is 450 g/mol. The number of piperazine rings is 1. The topological polar surface area (TPSA) is 35.5 Å². The predicted octanol–water partition coefficient (Wildman–Crippen LogP) is 5.47. The number of hydrogen-bond donors (Lipinski definition) is 2. The van der Waals surface area contributed by atoms with Crippen molar-refractivity contribution in [2.75, 3.05) is 32.7 Å². The molecule has 1 saturated carbocycles. The Hall–Kier alpha value is -0.0300. The number of nitrogens with zero attached hydrogens (tertiary/aromatic N) is 1. The smallest absolute Gasteiger partial charge is 0.0728 e. The van der Waals surface area contributed by atoms with Crippen LogP contribution in [0.1, 0.15) is 64.4 Å². The zero-order valence-corrected chi connectivity index (χ0v) is 19.8. The van der Waals surface area contributed by atoms with Crippen LogP contribution in [0, 0.1) is 0 Å². The highest BCUT2D eigenvalue weighted by atomic mass is 35.5. The van der Waals surface area contributed by atoms with Crippen molar-refractivity contribution < 1.29 is 5.11 Å². The Bertz CT molecular complexity index is 559. The minimum absolute atomic E-state index is 0. The number of alkyl halides is 1. The van der Waals surface area contributed by atoms with Crippen molar-refractivity contribution in [1.82, 2.24) is 10.2 Å². The second kappa shape index (κ2) is 12.0. The minimum atomic E-state index is -0.576. The molecule has 6 heteroatoms. The van der Waals surface area contributed by atoms with Crippen LogP contribution >= 0.6 is 35.6 Å². The van der Waals surface area contributed by atoms with Crippen LogP contribution in [0.15, 0.2) is 24.3 Å². The molecule has 162 valence electrons. The van der Waals surface area contributed by atoms with Crippen LogP contribution in [0.25, 0.3) is 0 Å². The van der Waals surface area contributed by atoms with Crippen molar-refractivity contribution in [3.63, 3.8) is 0 Å². The van der Waals surface area contributed by atoms with Gasteiger partial charge in [-0.2, -0.15) is 0 Å². The number of hydrogen-bond acceptors (Lipinski definition) is 3. The minimum Gasteiger partial charge on any atom is -0.389 e. The van der Waals surface area contributed by atoms with E-state index >= 15 is 0 Å². The van der Waals surface area contributed by atoms with E-state index in [0.29, 0.717) is 0 Å². The van der Waals surface area contributed by atoms with Crippen molar-refractivity contribution in [1.29, 1.82) is 0 Å². The summed E-state index contributed by atoms with van der Waals surface area (Å²) < 4.78 is 0. The van der Waals surface area contributed by atoms with Crippen LogP contribution in [0.5, 0.6) is 0 Å². The molecule has 2 N–H and O–H groups in total. The highest BCUT2D eigenvalue weighted by molar-refractivity contribution is 6.30. The first-order chi connectivity index (χ1) is 12.7. The van der Waals surface area contributed by atoms with Gasteiger partial charge in [0.2, 0.25) is 0 Å². The fraction of sp³-hybridized carbons (Fsp3) is 0.727. The van der Waals surface area contributed by atoms with Gasteiger partial charge in [-0.15, -0.1) is 24.0 Å². The summed E-state index contributed by atoms with van der Waals surface area (Å²) in [6.07, 6.45) is 5.34. The first kappa shape index (κ1) is 26.0. The van der Waals surface area contributed by atoms with Crippen LogP contribution in [0.2, 0.25) is 5.02 Å². The third kappa shape index (κ3) is 9.19. The molecule has 1 aromatic carbocycles. The molecular formula is C22H37Cl3N2O. The number of nitrogens with one attached hydrogen (secondary N) is 1. The molecule has 1 unspecified atom stereocenters. The van der Waals surface area contributed by atoms with Gasteiger partial charge in [0.1, 0.15) is 0 Å². The molecule has 1 aliphatic heterocycles. The molecule has 1 heterocycles. The standard InChI is InChI=1S/C18H27ClN2O.C4H9Cl.ClH/c19-16-6-4-5-15(13-16)17(14-21-11-9-20-10-12-21)18(22)7-2-1-3-8-18;1-4(2,3)5;/h4-6,13,17,20,22H,1-3,7-12,14H2;1-3H3;1H. The fourth-order valence-corrected chi connectivity index (χ4v) is 4.17. The van der Waals surface area contributed by atoms with Gasteiger partial charge in [-0.05, 0) is 51.3 Å². The van der Waals surface area contributed by atoms with Crippen molar-refractivity contribution in [3.05, 3.63) is 34.9 Å². The normalized spacial score (nSPS) is 21.1. The molecule has 0 bridgehead atoms. The van der Waals surface area contributed by atoms with E-state index in [0.717, 1.165) is 63.4 Å². The van der Waals surface area contributed by atoms with Crippen molar-refractivity contribution in [2.24, 2.45) is 0 Å². The molecule has 1 aromatic rings. The summed E-state index contributed by atoms with van der Waals surface area (Å²) in [5, 5.41) is 15.5. The van der Waals surface area contributed by atoms with Crippen molar-refractivity contribution >= 4 is 35.6 Å². The molecular weight excluding hydrogens is 415 g/mol. The molecule has 28 heavy (non-hydrogen) atoms. The number of benzene rings is 1. The van der Waals surface area contributed by atoms with Crippen LogP contribution in [-0.2, 0) is 0 Å². The number of rotatable bonds is 4. The number of halogens is 3. The summed E-state index contributed by atoms with van der Waals surface area (Å²) in [7, 11) is 0. The Labute approximate surface area is 187 Å². The first-order valence-electron chi connectivity index (χ1n) is 10.3. The summed E-state index contributed by atoms with van der Waals surface area (Å²) in [4.78, 5) is 2.45. The Balaban J connectivity index is 0.000000584. The van der Waals surface area contributed by atoms with E-state index in [9.17, 15) is 5.11 Å². The van der Waals surface area contributed by atoms with Gasteiger partial charge in [0, 0.05) is 48.5 Å². The van der Waals surface area contributed by atoms with E-state index in [1.807, 2.05) is 39.0 Å². The zero-order chi connectivity index (χ0) is 19.9. The summed E-state index contributed by atoms with van der Waals surface area (Å²) >= 11 is 11.7. The lowest BCUT2D eigenvalue weighted by Crippen LogP contribution is -2.49. The third-order valence-electron chi connectivity index (χ3n) is 5.27. The molecule has 0 radical (unpaired) electrons. The molecule has 0 aromatic heterocycles. The number of aliphatic hydroxyl groups is 1.